The number of nitrogens with two attached hydrogens (primary N) is 1. The zero-order chi connectivity index (χ0) is 22.2. The van der Waals surface area contributed by atoms with Crippen molar-refractivity contribution in [3.63, 3.8) is 0 Å². The number of Topliss-reactive ketones (excluding diaryl/α,β-unsaturated/α-hetero) is 1. The lowest BCUT2D eigenvalue weighted by Crippen LogP contribution is -2.41. The Labute approximate surface area is 184 Å². The fraction of sp³-hybridized carbons (Fsp3) is 0.391. The van der Waals surface area contributed by atoms with Gasteiger partial charge in [0.2, 0.25) is 0 Å². The number of amides is 1. The molecule has 3 heterocycles. The average molecular weight is 437 g/mol. The largest absolute Gasteiger partial charge is 0.405 e. The molecule has 1 aromatic carbocycles. The van der Waals surface area contributed by atoms with Crippen LogP contribution < -0.4 is 15.9 Å². The summed E-state index contributed by atoms with van der Waals surface area (Å²) in [7, 11) is 0. The van der Waals surface area contributed by atoms with Crippen LogP contribution in [0.1, 0.15) is 54.8 Å². The molecule has 1 saturated heterocycles. The first-order valence-electron chi connectivity index (χ1n) is 10.9. The van der Waals surface area contributed by atoms with E-state index in [0.717, 1.165) is 31.3 Å². The van der Waals surface area contributed by atoms with Gasteiger partial charge in [0.05, 0.1) is 18.1 Å². The summed E-state index contributed by atoms with van der Waals surface area (Å²) < 4.78 is 13.2. The van der Waals surface area contributed by atoms with E-state index in [1.807, 2.05) is 5.06 Å². The number of rotatable bonds is 6. The van der Waals surface area contributed by atoms with E-state index in [4.69, 9.17) is 10.6 Å². The van der Waals surface area contributed by atoms with Crippen LogP contribution in [-0.4, -0.2) is 44.8 Å². The Balaban J connectivity index is 1.40. The molecule has 3 atom stereocenters. The number of halogens is 1. The Morgan fingerprint density at radius 3 is 2.69 bits per heavy atom. The van der Waals surface area contributed by atoms with Crippen molar-refractivity contribution in [3.05, 3.63) is 53.7 Å². The quantitative estimate of drug-likeness (QED) is 0.715. The van der Waals surface area contributed by atoms with E-state index >= 15 is 0 Å². The van der Waals surface area contributed by atoms with Crippen molar-refractivity contribution in [1.29, 1.82) is 0 Å². The van der Waals surface area contributed by atoms with Gasteiger partial charge in [0.15, 0.2) is 11.6 Å². The maximum Gasteiger partial charge on any atom is 0.267 e. The summed E-state index contributed by atoms with van der Waals surface area (Å²) in [6.45, 7) is 0. The maximum atomic E-state index is 13.2. The van der Waals surface area contributed by atoms with Gasteiger partial charge in [-0.25, -0.2) is 14.4 Å². The number of nitrogens with one attached hydrogen (secondary N) is 1. The van der Waals surface area contributed by atoms with E-state index in [1.165, 1.54) is 18.2 Å². The molecular weight excluding hydrogens is 413 g/mol. The van der Waals surface area contributed by atoms with Crippen molar-refractivity contribution >= 4 is 23.1 Å². The molecule has 0 radical (unpaired) electrons. The molecule has 1 aromatic heterocycles. The standard InChI is InChI=1S/C23H24FN5O3/c24-14-4-8-17(9-5-14)32-29-15-6-7-16(29)11-13(10-15)23-27-19(22(25)31)12-21(28-23)26-18-2-1-3-20(18)30/h4-5,8-10,12,15-16,18H,1-3,6-7,11H2,(H2,25,31)(H,26,27,28)/t15-,16+,18+/m1/s1. The molecule has 9 heteroatoms. The molecule has 2 bridgehead atoms. The number of hydrogen-bond donors (Lipinski definition) is 2. The number of benzene rings is 1. The summed E-state index contributed by atoms with van der Waals surface area (Å²) in [5, 5.41) is 5.08. The highest BCUT2D eigenvalue weighted by Crippen LogP contribution is 2.38. The highest BCUT2D eigenvalue weighted by molar-refractivity contribution is 5.92. The van der Waals surface area contributed by atoms with Gasteiger partial charge in [-0.1, -0.05) is 6.08 Å². The molecular formula is C23H24FN5O3. The molecule has 0 unspecified atom stereocenters. The fourth-order valence-corrected chi connectivity index (χ4v) is 4.65. The number of hydrogen-bond acceptors (Lipinski definition) is 7. The lowest BCUT2D eigenvalue weighted by molar-refractivity contribution is -0.118. The minimum Gasteiger partial charge on any atom is -0.405 e. The van der Waals surface area contributed by atoms with Crippen LogP contribution in [0, 0.1) is 5.82 Å². The van der Waals surface area contributed by atoms with E-state index < -0.39 is 5.91 Å². The fourth-order valence-electron chi connectivity index (χ4n) is 4.65. The van der Waals surface area contributed by atoms with Gasteiger partial charge in [-0.3, -0.25) is 9.59 Å². The molecule has 2 aromatic rings. The first kappa shape index (κ1) is 20.6. The Hall–Kier alpha value is -3.33. The van der Waals surface area contributed by atoms with Gasteiger partial charge < -0.3 is 15.9 Å². The third kappa shape index (κ3) is 4.08. The third-order valence-electron chi connectivity index (χ3n) is 6.25. The Morgan fingerprint density at radius 2 is 2.00 bits per heavy atom. The number of carbonyl (C=O) groups excluding carboxylic acids is 2. The molecule has 1 aliphatic carbocycles. The Kier molecular flexibility index (Phi) is 5.34. The van der Waals surface area contributed by atoms with Crippen LogP contribution in [0.25, 0.3) is 5.57 Å². The van der Waals surface area contributed by atoms with Crippen molar-refractivity contribution in [3.8, 4) is 5.75 Å². The van der Waals surface area contributed by atoms with Crippen LogP contribution in [0.2, 0.25) is 0 Å². The van der Waals surface area contributed by atoms with Gasteiger partial charge in [-0.15, -0.1) is 5.06 Å². The molecule has 1 saturated carbocycles. The van der Waals surface area contributed by atoms with Crippen LogP contribution >= 0.6 is 0 Å². The topological polar surface area (TPSA) is 110 Å². The lowest BCUT2D eigenvalue weighted by atomic mass is 10.0. The SMILES string of the molecule is NC(=O)c1cc(N[C@H]2CCCC2=O)nc(C2=C[C@H]3CC[C@@H](C2)N3Oc2ccc(F)cc2)n1. The van der Waals surface area contributed by atoms with Crippen LogP contribution in [0.15, 0.2) is 36.4 Å². The lowest BCUT2D eigenvalue weighted by Gasteiger charge is -2.32. The number of nitrogens with zero attached hydrogens (tertiary/aromatic N) is 3. The highest BCUT2D eigenvalue weighted by atomic mass is 19.1. The molecule has 5 rings (SSSR count). The summed E-state index contributed by atoms with van der Waals surface area (Å²) in [5.41, 5.74) is 6.53. The first-order chi connectivity index (χ1) is 15.5. The van der Waals surface area contributed by atoms with Crippen molar-refractivity contribution in [2.45, 2.75) is 56.7 Å². The number of aromatic nitrogens is 2. The summed E-state index contributed by atoms with van der Waals surface area (Å²) in [5.74, 6) is 0.649. The molecule has 8 nitrogen and oxygen atoms in total. The molecule has 1 amide bonds. The first-order valence-corrected chi connectivity index (χ1v) is 10.9. The summed E-state index contributed by atoms with van der Waals surface area (Å²) in [6, 6.07) is 7.28. The molecule has 0 spiro atoms. The number of fused-ring (bicyclic) bond motifs is 2. The second-order valence-corrected chi connectivity index (χ2v) is 8.48. The minimum absolute atomic E-state index is 0.0162. The van der Waals surface area contributed by atoms with E-state index in [-0.39, 0.29) is 35.4 Å². The van der Waals surface area contributed by atoms with Crippen molar-refractivity contribution < 1.29 is 18.8 Å². The van der Waals surface area contributed by atoms with Crippen molar-refractivity contribution in [1.82, 2.24) is 15.0 Å². The van der Waals surface area contributed by atoms with Crippen LogP contribution in [0.4, 0.5) is 10.2 Å². The normalized spacial score (nSPS) is 25.0. The number of carbonyl (C=O) groups is 2. The number of primary amides is 1. The maximum absolute atomic E-state index is 13.2. The molecule has 3 N–H and O–H groups in total. The number of anilines is 1. The average Bonchev–Trinajstić information content (AvgIpc) is 3.27. The van der Waals surface area contributed by atoms with E-state index in [1.54, 1.807) is 12.1 Å². The van der Waals surface area contributed by atoms with Crippen LogP contribution in [0.3, 0.4) is 0 Å². The second kappa shape index (κ2) is 8.31. The summed E-state index contributed by atoms with van der Waals surface area (Å²) >= 11 is 0. The zero-order valence-electron chi connectivity index (χ0n) is 17.5. The van der Waals surface area contributed by atoms with Crippen LogP contribution in [-0.2, 0) is 4.79 Å². The molecule has 2 fully saturated rings. The second-order valence-electron chi connectivity index (χ2n) is 8.48. The van der Waals surface area contributed by atoms with Crippen molar-refractivity contribution in [2.24, 2.45) is 5.73 Å². The number of ketones is 1. The van der Waals surface area contributed by atoms with Gasteiger partial charge in [-0.2, -0.15) is 0 Å². The van der Waals surface area contributed by atoms with Crippen molar-refractivity contribution in [2.75, 3.05) is 5.32 Å². The molecule has 32 heavy (non-hydrogen) atoms. The highest BCUT2D eigenvalue weighted by Gasteiger charge is 2.39. The summed E-state index contributed by atoms with van der Waals surface area (Å²) in [4.78, 5) is 38.9. The molecule has 2 aliphatic heterocycles. The van der Waals surface area contributed by atoms with Gasteiger partial charge in [-0.05, 0) is 61.9 Å². The monoisotopic (exact) mass is 437 g/mol. The molecule has 166 valence electrons. The number of hydroxylamine groups is 2. The molecule has 3 aliphatic rings. The van der Waals surface area contributed by atoms with E-state index in [9.17, 15) is 14.0 Å². The van der Waals surface area contributed by atoms with Gasteiger partial charge in [0, 0.05) is 12.5 Å². The third-order valence-corrected chi connectivity index (χ3v) is 6.25. The Morgan fingerprint density at radius 1 is 1.19 bits per heavy atom. The predicted octanol–water partition coefficient (Wildman–Crippen LogP) is 2.86. The van der Waals surface area contributed by atoms with Gasteiger partial charge in [0.25, 0.3) is 5.91 Å². The minimum atomic E-state index is -0.643. The smallest absolute Gasteiger partial charge is 0.267 e. The van der Waals surface area contributed by atoms with Gasteiger partial charge in [0.1, 0.15) is 23.1 Å². The zero-order valence-corrected chi connectivity index (χ0v) is 17.5. The van der Waals surface area contributed by atoms with Gasteiger partial charge >= 0.3 is 0 Å². The van der Waals surface area contributed by atoms with Crippen LogP contribution in [0.5, 0.6) is 5.75 Å². The Bertz CT molecular complexity index is 1090. The van der Waals surface area contributed by atoms with E-state index in [0.29, 0.717) is 30.2 Å². The summed E-state index contributed by atoms with van der Waals surface area (Å²) in [6.07, 6.45) is 6.67. The predicted molar refractivity (Wildman–Crippen MR) is 115 cm³/mol. The van der Waals surface area contributed by atoms with E-state index in [2.05, 4.69) is 21.4 Å².